The van der Waals surface area contributed by atoms with E-state index in [1.54, 1.807) is 0 Å². The Balaban J connectivity index is 0. The number of pyridine rings is 1. The number of aromatic nitrogens is 1. The smallest absolute Gasteiger partial charge is 0.860 e. The van der Waals surface area contributed by atoms with Gasteiger partial charge in [0.2, 0.25) is 0 Å². The van der Waals surface area contributed by atoms with Crippen LogP contribution in [0, 0.1) is 0 Å². The molecule has 0 aliphatic carbocycles. The second-order valence-corrected chi connectivity index (χ2v) is 11.1. The molecule has 44 heavy (non-hydrogen) atoms. The standard InChI is InChI=1S/C23H26N4O12S2.3Na/c1-3-26-20(30)12(14(10-40(34,35)36)16(18(24)28)22(26)32)8-6-5-7-9-13-15(11-41(37,38)39)17(19(25)29)23(33)27(4-2)21(13)31;;;/h5-9,30H,3-4,10-11H2,1-2H3,(H2,24,28)(H2,25,29)(H,34,35,36)(H,37,38,39);;;/q;3*+1/p-3/b7-5?,8-6?,13-9-;;;. The number of amides is 4. The van der Waals surface area contributed by atoms with Crippen molar-refractivity contribution in [2.75, 3.05) is 12.3 Å². The minimum Gasteiger partial charge on any atom is -0.860 e. The molecule has 0 fully saturated rings. The molecular weight excluding hydrogens is 657 g/mol. The Labute approximate surface area is 318 Å². The topological polar surface area (TPSA) is 283 Å². The predicted molar refractivity (Wildman–Crippen MR) is 137 cm³/mol. The number of nitrogens with zero attached hydrogens (tertiary/aromatic N) is 2. The van der Waals surface area contributed by atoms with Crippen molar-refractivity contribution in [3.8, 4) is 5.88 Å². The molecular formula is C23H23N4Na3O12S2. The molecule has 0 saturated heterocycles. The number of allylic oxidation sites excluding steroid dienone is 4. The molecule has 2 rings (SSSR count). The number of likely N-dealkylation sites (N-methyl/N-ethyl adjacent to an activating group) is 1. The molecule has 1 aromatic heterocycles. The van der Waals surface area contributed by atoms with Crippen LogP contribution in [0.4, 0.5) is 0 Å². The summed E-state index contributed by atoms with van der Waals surface area (Å²) in [5.41, 5.74) is 5.00. The Kier molecular flexibility index (Phi) is 18.4. The Morgan fingerprint density at radius 1 is 0.818 bits per heavy atom. The van der Waals surface area contributed by atoms with Crippen molar-refractivity contribution in [3.05, 3.63) is 68.1 Å². The van der Waals surface area contributed by atoms with Gasteiger partial charge in [-0.2, -0.15) is 0 Å². The van der Waals surface area contributed by atoms with E-state index in [2.05, 4.69) is 0 Å². The first-order valence-corrected chi connectivity index (χ1v) is 14.6. The van der Waals surface area contributed by atoms with E-state index < -0.39 is 100 Å². The van der Waals surface area contributed by atoms with Crippen LogP contribution in [0.25, 0.3) is 6.08 Å². The van der Waals surface area contributed by atoms with Gasteiger partial charge < -0.3 is 30.2 Å². The second kappa shape index (κ2) is 18.1. The van der Waals surface area contributed by atoms with Crippen LogP contribution >= 0.6 is 0 Å². The molecule has 1 aliphatic heterocycles. The second-order valence-electron chi connectivity index (χ2n) is 8.29. The molecule has 0 bridgehead atoms. The third kappa shape index (κ3) is 10.9. The zero-order valence-electron chi connectivity index (χ0n) is 24.5. The molecule has 16 nitrogen and oxygen atoms in total. The van der Waals surface area contributed by atoms with Gasteiger partial charge in [0.15, 0.2) is 0 Å². The van der Waals surface area contributed by atoms with Crippen molar-refractivity contribution in [3.63, 3.8) is 0 Å². The molecule has 4 N–H and O–H groups in total. The number of primary amides is 2. The van der Waals surface area contributed by atoms with Gasteiger partial charge in [-0.05, 0) is 42.5 Å². The van der Waals surface area contributed by atoms with Crippen LogP contribution in [0.1, 0.15) is 35.3 Å². The molecule has 0 saturated carbocycles. The minimum absolute atomic E-state index is 0. The summed E-state index contributed by atoms with van der Waals surface area (Å²) in [6.07, 6.45) is 5.16. The van der Waals surface area contributed by atoms with E-state index in [4.69, 9.17) is 11.5 Å². The Morgan fingerprint density at radius 3 is 1.80 bits per heavy atom. The average Bonchev–Trinajstić information content (AvgIpc) is 2.80. The number of rotatable bonds is 11. The van der Waals surface area contributed by atoms with Gasteiger partial charge in [0, 0.05) is 18.7 Å². The van der Waals surface area contributed by atoms with Crippen molar-refractivity contribution in [2.24, 2.45) is 11.5 Å². The first kappa shape index (κ1) is 44.7. The number of hydrogen-bond donors (Lipinski definition) is 2. The minimum atomic E-state index is -5.10. The monoisotopic (exact) mass is 680 g/mol. The molecule has 0 aromatic carbocycles. The van der Waals surface area contributed by atoms with Crippen molar-refractivity contribution in [2.45, 2.75) is 26.1 Å². The third-order valence-corrected chi connectivity index (χ3v) is 6.92. The molecule has 222 valence electrons. The molecule has 1 aromatic rings. The van der Waals surface area contributed by atoms with Crippen molar-refractivity contribution in [1.82, 2.24) is 9.47 Å². The molecule has 0 spiro atoms. The number of imide groups is 1. The van der Waals surface area contributed by atoms with E-state index in [9.17, 15) is 55.0 Å². The summed E-state index contributed by atoms with van der Waals surface area (Å²) in [4.78, 5) is 62.4. The van der Waals surface area contributed by atoms with Crippen LogP contribution in [-0.2, 0) is 46.9 Å². The Morgan fingerprint density at radius 2 is 1.36 bits per heavy atom. The van der Waals surface area contributed by atoms with Gasteiger partial charge in [-0.15, -0.1) is 0 Å². The van der Waals surface area contributed by atoms with E-state index >= 15 is 0 Å². The van der Waals surface area contributed by atoms with Gasteiger partial charge in [0.1, 0.15) is 11.1 Å². The summed E-state index contributed by atoms with van der Waals surface area (Å²) in [6, 6.07) is 0. The van der Waals surface area contributed by atoms with Crippen LogP contribution in [0.2, 0.25) is 0 Å². The summed E-state index contributed by atoms with van der Waals surface area (Å²) in [6.45, 7) is 2.30. The van der Waals surface area contributed by atoms with E-state index in [-0.39, 0.29) is 102 Å². The van der Waals surface area contributed by atoms with Gasteiger partial charge in [0.05, 0.1) is 31.7 Å². The summed E-state index contributed by atoms with van der Waals surface area (Å²) < 4.78 is 69.2. The van der Waals surface area contributed by atoms with Crippen molar-refractivity contribution >= 4 is 49.9 Å². The van der Waals surface area contributed by atoms with Crippen molar-refractivity contribution in [1.29, 1.82) is 0 Å². The fourth-order valence-corrected chi connectivity index (χ4v) is 5.29. The molecule has 21 heteroatoms. The quantitative estimate of drug-likeness (QED) is 0.0550. The van der Waals surface area contributed by atoms with E-state index in [0.717, 1.165) is 30.4 Å². The number of hydrogen-bond acceptors (Lipinski definition) is 12. The third-order valence-electron chi connectivity index (χ3n) is 5.64. The SMILES string of the molecule is CCN1C(=O)C(C(N)=O)=C(CS(=O)(=O)[O-])/C(=C/C=CC=Cc2c(CS(=O)(=O)[O-])c(C(N)=O)c(=O)n(CC)c2[O-])C1=O.[Na+].[Na+].[Na+]. The van der Waals surface area contributed by atoms with Gasteiger partial charge in [-0.3, -0.25) is 28.9 Å². The van der Waals surface area contributed by atoms with E-state index in [1.807, 2.05) is 0 Å². The summed E-state index contributed by atoms with van der Waals surface area (Å²) >= 11 is 0. The first-order valence-electron chi connectivity index (χ1n) is 11.4. The molecule has 0 radical (unpaired) electrons. The van der Waals surface area contributed by atoms with E-state index in [1.165, 1.54) is 13.8 Å². The zero-order chi connectivity index (χ0) is 31.4. The first-order chi connectivity index (χ1) is 18.9. The summed E-state index contributed by atoms with van der Waals surface area (Å²) in [7, 11) is -10.2. The van der Waals surface area contributed by atoms with Gasteiger partial charge in [-0.1, -0.05) is 24.3 Å². The number of carbonyl (C=O) groups excluding carboxylic acids is 4. The summed E-state index contributed by atoms with van der Waals surface area (Å²) in [5, 5.41) is 12.8. The van der Waals surface area contributed by atoms with Crippen LogP contribution in [-0.4, -0.2) is 71.3 Å². The molecule has 2 heterocycles. The number of nitrogens with two attached hydrogens (primary N) is 2. The molecule has 0 unspecified atom stereocenters. The molecule has 4 amide bonds. The fraction of sp³-hybridized carbons (Fsp3) is 0.261. The van der Waals surface area contributed by atoms with Crippen LogP contribution < -0.4 is 111 Å². The van der Waals surface area contributed by atoms with Gasteiger partial charge >= 0.3 is 88.7 Å². The normalized spacial score (nSPS) is 14.9. The average molecular weight is 681 g/mol. The maximum atomic E-state index is 12.8. The van der Waals surface area contributed by atoms with Crippen LogP contribution in [0.15, 0.2) is 45.8 Å². The maximum absolute atomic E-state index is 12.8. The maximum Gasteiger partial charge on any atom is 1.00 e. The van der Waals surface area contributed by atoms with Gasteiger partial charge in [-0.25, -0.2) is 16.8 Å². The molecule has 0 atom stereocenters. The van der Waals surface area contributed by atoms with Crippen LogP contribution in [0.3, 0.4) is 0 Å². The molecule has 1 aliphatic rings. The zero-order valence-corrected chi connectivity index (χ0v) is 32.1. The van der Waals surface area contributed by atoms with Gasteiger partial charge in [0.25, 0.3) is 29.2 Å². The van der Waals surface area contributed by atoms with Crippen LogP contribution in [0.5, 0.6) is 5.88 Å². The predicted octanol–water partition coefficient (Wildman–Crippen LogP) is -11.7. The van der Waals surface area contributed by atoms with E-state index in [0.29, 0.717) is 9.47 Å². The Bertz CT molecular complexity index is 1750. The fourth-order valence-electron chi connectivity index (χ4n) is 3.98. The largest absolute Gasteiger partial charge is 1.00 e. The Hall–Kier alpha value is -1.39. The number of carbonyl (C=O) groups is 4. The van der Waals surface area contributed by atoms with Crippen molar-refractivity contribution < 1.29 is 139 Å². The summed E-state index contributed by atoms with van der Waals surface area (Å²) in [5.74, 6) is -8.84.